The average molecular weight is 269 g/mol. The van der Waals surface area contributed by atoms with Crippen molar-refractivity contribution in [3.63, 3.8) is 0 Å². The molecule has 1 aliphatic rings. The fraction of sp³-hybridized carbons (Fsp3) is 0.571. The van der Waals surface area contributed by atoms with Crippen LogP contribution in [-0.4, -0.2) is 38.2 Å². The van der Waals surface area contributed by atoms with Gasteiger partial charge in [-0.1, -0.05) is 17.7 Å². The Hall–Kier alpha value is -0.770. The first-order valence-electron chi connectivity index (χ1n) is 6.43. The molecular weight excluding hydrogens is 248 g/mol. The Bertz CT molecular complexity index is 393. The number of likely N-dealkylation sites (N-methyl/N-ethyl adjacent to an activating group) is 1. The van der Waals surface area contributed by atoms with Crippen LogP contribution < -0.4 is 10.1 Å². The average Bonchev–Trinajstić information content (AvgIpc) is 3.15. The van der Waals surface area contributed by atoms with Crippen LogP contribution in [-0.2, 0) is 6.54 Å². The Morgan fingerprint density at radius 2 is 2.22 bits per heavy atom. The minimum Gasteiger partial charge on any atom is -0.496 e. The topological polar surface area (TPSA) is 24.5 Å². The van der Waals surface area contributed by atoms with Crippen LogP contribution in [0.2, 0.25) is 5.02 Å². The zero-order valence-electron chi connectivity index (χ0n) is 11.1. The maximum atomic E-state index is 5.95. The molecule has 4 heteroatoms. The molecule has 100 valence electrons. The normalized spacial score (nSPS) is 15.1. The van der Waals surface area contributed by atoms with Gasteiger partial charge in [0, 0.05) is 36.3 Å². The molecule has 0 spiro atoms. The van der Waals surface area contributed by atoms with Crippen molar-refractivity contribution < 1.29 is 4.74 Å². The lowest BCUT2D eigenvalue weighted by Crippen LogP contribution is -2.30. The summed E-state index contributed by atoms with van der Waals surface area (Å²) in [6.07, 6.45) is 2.68. The van der Waals surface area contributed by atoms with Crippen molar-refractivity contribution in [3.05, 3.63) is 28.8 Å². The van der Waals surface area contributed by atoms with Gasteiger partial charge >= 0.3 is 0 Å². The van der Waals surface area contributed by atoms with E-state index in [-0.39, 0.29) is 0 Å². The molecule has 0 bridgehead atoms. The van der Waals surface area contributed by atoms with E-state index in [1.807, 2.05) is 18.2 Å². The Kier molecular flexibility index (Phi) is 4.87. The molecule has 1 aromatic carbocycles. The smallest absolute Gasteiger partial charge is 0.124 e. The fourth-order valence-electron chi connectivity index (χ4n) is 1.97. The summed E-state index contributed by atoms with van der Waals surface area (Å²) in [6.45, 7) is 2.98. The lowest BCUT2D eigenvalue weighted by molar-refractivity contribution is 0.315. The van der Waals surface area contributed by atoms with E-state index in [1.165, 1.54) is 18.4 Å². The summed E-state index contributed by atoms with van der Waals surface area (Å²) in [5, 5.41) is 4.23. The second-order valence-electron chi connectivity index (χ2n) is 4.92. The van der Waals surface area contributed by atoms with Crippen molar-refractivity contribution in [2.75, 3.05) is 27.2 Å². The summed E-state index contributed by atoms with van der Waals surface area (Å²) in [5.74, 6) is 0.865. The molecule has 0 aliphatic heterocycles. The predicted molar refractivity (Wildman–Crippen MR) is 75.4 cm³/mol. The number of hydrogen-bond acceptors (Lipinski definition) is 3. The molecule has 0 saturated heterocycles. The maximum Gasteiger partial charge on any atom is 0.124 e. The largest absolute Gasteiger partial charge is 0.496 e. The van der Waals surface area contributed by atoms with Gasteiger partial charge < -0.3 is 15.0 Å². The monoisotopic (exact) mass is 268 g/mol. The number of halogens is 1. The van der Waals surface area contributed by atoms with Gasteiger partial charge in [0.05, 0.1) is 7.11 Å². The van der Waals surface area contributed by atoms with Gasteiger partial charge in [0.15, 0.2) is 0 Å². The zero-order chi connectivity index (χ0) is 13.0. The number of nitrogens with zero attached hydrogens (tertiary/aromatic N) is 1. The third-order valence-corrected chi connectivity index (χ3v) is 3.43. The summed E-state index contributed by atoms with van der Waals surface area (Å²) >= 11 is 5.95. The molecule has 0 radical (unpaired) electrons. The number of hydrogen-bond donors (Lipinski definition) is 1. The summed E-state index contributed by atoms with van der Waals surface area (Å²) in [6, 6.07) is 6.60. The van der Waals surface area contributed by atoms with Crippen LogP contribution in [0.3, 0.4) is 0 Å². The van der Waals surface area contributed by atoms with Crippen LogP contribution in [0.25, 0.3) is 0 Å². The van der Waals surface area contributed by atoms with Crippen LogP contribution in [0.4, 0.5) is 0 Å². The first kappa shape index (κ1) is 13.7. The number of nitrogens with one attached hydrogen (secondary N) is 1. The van der Waals surface area contributed by atoms with Crippen LogP contribution in [0.1, 0.15) is 18.4 Å². The van der Waals surface area contributed by atoms with E-state index >= 15 is 0 Å². The molecule has 1 saturated carbocycles. The van der Waals surface area contributed by atoms with Gasteiger partial charge in [0.1, 0.15) is 5.75 Å². The number of rotatable bonds is 7. The van der Waals surface area contributed by atoms with Crippen molar-refractivity contribution in [1.82, 2.24) is 10.2 Å². The predicted octanol–water partition coefficient (Wildman–Crippen LogP) is 2.53. The van der Waals surface area contributed by atoms with Crippen molar-refractivity contribution in [2.24, 2.45) is 0 Å². The molecule has 1 aliphatic carbocycles. The quantitative estimate of drug-likeness (QED) is 0.823. The third kappa shape index (κ3) is 4.16. The number of methoxy groups -OCH3 is 1. The lowest BCUT2D eigenvalue weighted by atomic mass is 10.2. The minimum atomic E-state index is 0.716. The number of ether oxygens (including phenoxy) is 1. The number of benzene rings is 1. The Morgan fingerprint density at radius 3 is 2.89 bits per heavy atom. The Labute approximate surface area is 114 Å². The first-order valence-corrected chi connectivity index (χ1v) is 6.81. The van der Waals surface area contributed by atoms with Gasteiger partial charge in [0.25, 0.3) is 0 Å². The minimum absolute atomic E-state index is 0.716. The van der Waals surface area contributed by atoms with Crippen LogP contribution in [0, 0.1) is 0 Å². The van der Waals surface area contributed by atoms with Crippen molar-refractivity contribution in [2.45, 2.75) is 25.4 Å². The summed E-state index contributed by atoms with van der Waals surface area (Å²) in [5.41, 5.74) is 1.18. The molecule has 0 aromatic heterocycles. The highest BCUT2D eigenvalue weighted by molar-refractivity contribution is 6.30. The highest BCUT2D eigenvalue weighted by Gasteiger charge is 2.19. The van der Waals surface area contributed by atoms with Crippen LogP contribution in [0.15, 0.2) is 18.2 Å². The Balaban J connectivity index is 1.82. The maximum absolute atomic E-state index is 5.95. The van der Waals surface area contributed by atoms with Crippen molar-refractivity contribution in [1.29, 1.82) is 0 Å². The van der Waals surface area contributed by atoms with E-state index in [9.17, 15) is 0 Å². The SMILES string of the molecule is COc1cc(Cl)ccc1CN(C)CCNC1CC1. The Morgan fingerprint density at radius 1 is 1.44 bits per heavy atom. The van der Waals surface area contributed by atoms with Gasteiger partial charge in [-0.25, -0.2) is 0 Å². The molecule has 2 rings (SSSR count). The zero-order valence-corrected chi connectivity index (χ0v) is 11.8. The van der Waals surface area contributed by atoms with Gasteiger partial charge in [-0.05, 0) is 32.0 Å². The van der Waals surface area contributed by atoms with E-state index in [4.69, 9.17) is 16.3 Å². The van der Waals surface area contributed by atoms with Crippen molar-refractivity contribution >= 4 is 11.6 Å². The fourth-order valence-corrected chi connectivity index (χ4v) is 2.13. The second-order valence-corrected chi connectivity index (χ2v) is 5.36. The molecule has 1 fully saturated rings. The summed E-state index contributed by atoms with van der Waals surface area (Å²) < 4.78 is 5.35. The van der Waals surface area contributed by atoms with Crippen LogP contribution >= 0.6 is 11.6 Å². The van der Waals surface area contributed by atoms with Gasteiger partial charge in [-0.3, -0.25) is 0 Å². The van der Waals surface area contributed by atoms with Gasteiger partial charge in [-0.15, -0.1) is 0 Å². The lowest BCUT2D eigenvalue weighted by Gasteiger charge is -2.18. The molecule has 18 heavy (non-hydrogen) atoms. The highest BCUT2D eigenvalue weighted by Crippen LogP contribution is 2.24. The third-order valence-electron chi connectivity index (χ3n) is 3.19. The molecular formula is C14H21ClN2O. The van der Waals surface area contributed by atoms with Crippen molar-refractivity contribution in [3.8, 4) is 5.75 Å². The van der Waals surface area contributed by atoms with E-state index < -0.39 is 0 Å². The molecule has 3 nitrogen and oxygen atoms in total. The van der Waals surface area contributed by atoms with Gasteiger partial charge in [0.2, 0.25) is 0 Å². The highest BCUT2D eigenvalue weighted by atomic mass is 35.5. The molecule has 1 aromatic rings. The first-order chi connectivity index (χ1) is 8.69. The molecule has 0 unspecified atom stereocenters. The van der Waals surface area contributed by atoms with Gasteiger partial charge in [-0.2, -0.15) is 0 Å². The molecule has 0 atom stereocenters. The van der Waals surface area contributed by atoms with E-state index in [1.54, 1.807) is 7.11 Å². The molecule has 0 amide bonds. The molecule has 0 heterocycles. The molecule has 1 N–H and O–H groups in total. The van der Waals surface area contributed by atoms with E-state index in [2.05, 4.69) is 17.3 Å². The second kappa shape index (κ2) is 6.41. The summed E-state index contributed by atoms with van der Waals surface area (Å²) in [7, 11) is 3.81. The van der Waals surface area contributed by atoms with Crippen LogP contribution in [0.5, 0.6) is 5.75 Å². The standard InChI is InChI=1S/C14H21ClN2O/c1-17(8-7-16-13-5-6-13)10-11-3-4-12(15)9-14(11)18-2/h3-4,9,13,16H,5-8,10H2,1-2H3. The van der Waals surface area contributed by atoms with E-state index in [0.29, 0.717) is 5.02 Å². The van der Waals surface area contributed by atoms with E-state index in [0.717, 1.165) is 31.4 Å². The summed E-state index contributed by atoms with van der Waals surface area (Å²) in [4.78, 5) is 2.29.